The topological polar surface area (TPSA) is 67.4 Å². The van der Waals surface area contributed by atoms with Crippen LogP contribution in [0.25, 0.3) is 0 Å². The van der Waals surface area contributed by atoms with Gasteiger partial charge in [0.05, 0.1) is 7.11 Å². The van der Waals surface area contributed by atoms with Gasteiger partial charge in [-0.25, -0.2) is 0 Å². The van der Waals surface area contributed by atoms with Gasteiger partial charge < -0.3 is 15.4 Å². The van der Waals surface area contributed by atoms with Gasteiger partial charge in [0.2, 0.25) is 0 Å². The second kappa shape index (κ2) is 8.37. The molecule has 1 rings (SSSR count). The van der Waals surface area contributed by atoms with Crippen molar-refractivity contribution in [3.8, 4) is 5.75 Å². The molecular weight excluding hydrogens is 268 g/mol. The van der Waals surface area contributed by atoms with Crippen LogP contribution in [0.15, 0.2) is 24.3 Å². The van der Waals surface area contributed by atoms with Gasteiger partial charge in [0.1, 0.15) is 5.75 Å². The Morgan fingerprint density at radius 1 is 1.21 bits per heavy atom. The quantitative estimate of drug-likeness (QED) is 0.466. The van der Waals surface area contributed by atoms with E-state index in [0.717, 1.165) is 5.56 Å². The summed E-state index contributed by atoms with van der Waals surface area (Å²) in [7, 11) is 1.56. The van der Waals surface area contributed by atoms with E-state index in [-0.39, 0.29) is 6.54 Å². The maximum absolute atomic E-state index is 11.5. The zero-order valence-corrected chi connectivity index (χ0v) is 11.5. The van der Waals surface area contributed by atoms with Gasteiger partial charge in [-0.3, -0.25) is 9.59 Å². The number of carbonyl (C=O) groups is 2. The lowest BCUT2D eigenvalue weighted by Gasteiger charge is -2.09. The fourth-order valence-corrected chi connectivity index (χ4v) is 1.59. The van der Waals surface area contributed by atoms with Crippen molar-refractivity contribution in [3.63, 3.8) is 0 Å². The van der Waals surface area contributed by atoms with E-state index in [1.807, 2.05) is 18.2 Å². The Labute approximate surface area is 117 Å². The molecule has 0 atom stereocenters. The van der Waals surface area contributed by atoms with Gasteiger partial charge in [-0.2, -0.15) is 0 Å². The van der Waals surface area contributed by atoms with Gasteiger partial charge in [-0.05, 0) is 12.5 Å². The molecule has 0 aliphatic heterocycles. The first-order chi connectivity index (χ1) is 9.19. The van der Waals surface area contributed by atoms with Crippen molar-refractivity contribution in [2.24, 2.45) is 0 Å². The van der Waals surface area contributed by atoms with Crippen LogP contribution < -0.4 is 15.4 Å². The van der Waals surface area contributed by atoms with Gasteiger partial charge in [0.15, 0.2) is 0 Å². The summed E-state index contributed by atoms with van der Waals surface area (Å²) in [6, 6.07) is 7.29. The van der Waals surface area contributed by atoms with Crippen LogP contribution in [0.3, 0.4) is 0 Å². The van der Waals surface area contributed by atoms with Crippen LogP contribution in [0.2, 0.25) is 0 Å². The van der Waals surface area contributed by atoms with Crippen LogP contribution in [0.5, 0.6) is 5.75 Å². The third-order valence-electron chi connectivity index (χ3n) is 2.43. The van der Waals surface area contributed by atoms with Crippen molar-refractivity contribution in [3.05, 3.63) is 29.8 Å². The molecule has 0 spiro atoms. The minimum atomic E-state index is -0.666. The van der Waals surface area contributed by atoms with Gasteiger partial charge in [-0.1, -0.05) is 18.2 Å². The SMILES string of the molecule is COc1ccccc1CNC(=O)C(=O)NCCCCl. The molecule has 0 unspecified atom stereocenters. The molecule has 1 aromatic carbocycles. The number of amides is 2. The zero-order chi connectivity index (χ0) is 14.1. The predicted octanol–water partition coefficient (Wildman–Crippen LogP) is 1.06. The molecule has 0 saturated carbocycles. The lowest BCUT2D eigenvalue weighted by atomic mass is 10.2. The average Bonchev–Trinajstić information content (AvgIpc) is 2.45. The highest BCUT2D eigenvalue weighted by Gasteiger charge is 2.12. The molecule has 2 amide bonds. The summed E-state index contributed by atoms with van der Waals surface area (Å²) in [6.07, 6.45) is 0.632. The molecule has 6 heteroatoms. The Kier molecular flexibility index (Phi) is 6.74. The molecule has 0 radical (unpaired) electrons. The second-order valence-corrected chi connectivity index (χ2v) is 4.17. The standard InChI is InChI=1S/C13H17ClN2O3/c1-19-11-6-3-2-5-10(11)9-16-13(18)12(17)15-8-4-7-14/h2-3,5-6H,4,7-9H2,1H3,(H,15,17)(H,16,18). The Morgan fingerprint density at radius 2 is 1.89 bits per heavy atom. The van der Waals surface area contributed by atoms with Gasteiger partial charge in [0.25, 0.3) is 0 Å². The lowest BCUT2D eigenvalue weighted by Crippen LogP contribution is -2.40. The minimum absolute atomic E-state index is 0.242. The molecule has 104 valence electrons. The van der Waals surface area contributed by atoms with Gasteiger partial charge in [-0.15, -0.1) is 11.6 Å². The number of methoxy groups -OCH3 is 1. The molecule has 19 heavy (non-hydrogen) atoms. The molecule has 0 aliphatic rings. The van der Waals surface area contributed by atoms with Crippen LogP contribution in [-0.4, -0.2) is 31.3 Å². The van der Waals surface area contributed by atoms with Crippen molar-refractivity contribution < 1.29 is 14.3 Å². The van der Waals surface area contributed by atoms with E-state index in [1.165, 1.54) is 0 Å². The van der Waals surface area contributed by atoms with Crippen molar-refractivity contribution >= 4 is 23.4 Å². The third kappa shape index (κ3) is 5.18. The summed E-state index contributed by atoms with van der Waals surface area (Å²) < 4.78 is 5.15. The van der Waals surface area contributed by atoms with E-state index >= 15 is 0 Å². The number of carbonyl (C=O) groups excluding carboxylic acids is 2. The fourth-order valence-electron chi connectivity index (χ4n) is 1.45. The smallest absolute Gasteiger partial charge is 0.309 e. The summed E-state index contributed by atoms with van der Waals surface area (Å²) in [5.74, 6) is -0.200. The summed E-state index contributed by atoms with van der Waals surface area (Å²) in [4.78, 5) is 22.9. The van der Waals surface area contributed by atoms with E-state index in [4.69, 9.17) is 16.3 Å². The molecule has 1 aromatic rings. The minimum Gasteiger partial charge on any atom is -0.496 e. The van der Waals surface area contributed by atoms with Crippen molar-refractivity contribution in [1.82, 2.24) is 10.6 Å². The number of rotatable bonds is 6. The highest BCUT2D eigenvalue weighted by Crippen LogP contribution is 2.16. The number of hydrogen-bond acceptors (Lipinski definition) is 3. The molecule has 0 bridgehead atoms. The average molecular weight is 285 g/mol. The Hall–Kier alpha value is -1.75. The number of halogens is 1. The molecule has 2 N–H and O–H groups in total. The monoisotopic (exact) mass is 284 g/mol. The summed E-state index contributed by atoms with van der Waals surface area (Å²) >= 11 is 5.47. The first kappa shape index (κ1) is 15.3. The second-order valence-electron chi connectivity index (χ2n) is 3.79. The Morgan fingerprint density at radius 3 is 2.58 bits per heavy atom. The van der Waals surface area contributed by atoms with Crippen LogP contribution in [-0.2, 0) is 16.1 Å². The van der Waals surface area contributed by atoms with Crippen LogP contribution in [0, 0.1) is 0 Å². The molecule has 0 saturated heterocycles. The van der Waals surface area contributed by atoms with Gasteiger partial charge >= 0.3 is 11.8 Å². The van der Waals surface area contributed by atoms with E-state index < -0.39 is 11.8 Å². The molecule has 0 aromatic heterocycles. The molecule has 0 aliphatic carbocycles. The zero-order valence-electron chi connectivity index (χ0n) is 10.7. The van der Waals surface area contributed by atoms with Crippen molar-refractivity contribution in [1.29, 1.82) is 0 Å². The highest BCUT2D eigenvalue weighted by molar-refractivity contribution is 6.35. The number of hydrogen-bond donors (Lipinski definition) is 2. The Bertz CT molecular complexity index is 438. The summed E-state index contributed by atoms with van der Waals surface area (Å²) in [6.45, 7) is 0.635. The highest BCUT2D eigenvalue weighted by atomic mass is 35.5. The fraction of sp³-hybridized carbons (Fsp3) is 0.385. The van der Waals surface area contributed by atoms with E-state index in [9.17, 15) is 9.59 Å². The summed E-state index contributed by atoms with van der Waals surface area (Å²) in [5, 5.41) is 5.02. The molecule has 0 fully saturated rings. The lowest BCUT2D eigenvalue weighted by molar-refractivity contribution is -0.139. The van der Waals surface area contributed by atoms with Crippen LogP contribution in [0.1, 0.15) is 12.0 Å². The predicted molar refractivity (Wildman–Crippen MR) is 73.2 cm³/mol. The number of nitrogens with one attached hydrogen (secondary N) is 2. The third-order valence-corrected chi connectivity index (χ3v) is 2.70. The molecule has 0 heterocycles. The maximum Gasteiger partial charge on any atom is 0.309 e. The normalized spacial score (nSPS) is 9.79. The largest absolute Gasteiger partial charge is 0.496 e. The molecule has 5 nitrogen and oxygen atoms in total. The van der Waals surface area contributed by atoms with E-state index in [0.29, 0.717) is 24.6 Å². The van der Waals surface area contributed by atoms with Crippen LogP contribution >= 0.6 is 11.6 Å². The number of para-hydroxylation sites is 1. The summed E-state index contributed by atoms with van der Waals surface area (Å²) in [5.41, 5.74) is 0.812. The maximum atomic E-state index is 11.5. The van der Waals surface area contributed by atoms with Crippen LogP contribution in [0.4, 0.5) is 0 Å². The Balaban J connectivity index is 2.43. The van der Waals surface area contributed by atoms with E-state index in [1.54, 1.807) is 13.2 Å². The first-order valence-electron chi connectivity index (χ1n) is 5.93. The number of ether oxygens (including phenoxy) is 1. The van der Waals surface area contributed by atoms with Crippen molar-refractivity contribution in [2.75, 3.05) is 19.5 Å². The van der Waals surface area contributed by atoms with E-state index in [2.05, 4.69) is 10.6 Å². The molecular formula is C13H17ClN2O3. The van der Waals surface area contributed by atoms with Gasteiger partial charge in [0, 0.05) is 24.5 Å². The number of alkyl halides is 1. The number of benzene rings is 1. The first-order valence-corrected chi connectivity index (χ1v) is 6.46. The van der Waals surface area contributed by atoms with Crippen molar-refractivity contribution in [2.45, 2.75) is 13.0 Å².